The number of esters is 4. The molecule has 0 saturated heterocycles. The van der Waals surface area contributed by atoms with Crippen LogP contribution in [0.2, 0.25) is 0 Å². The fraction of sp³-hybridized carbons (Fsp3) is 0.358. The molecule has 338 valence electrons. The lowest BCUT2D eigenvalue weighted by molar-refractivity contribution is 0.0719. The largest absolute Gasteiger partial charge is 0.494 e. The van der Waals surface area contributed by atoms with E-state index in [1.165, 1.54) is 137 Å². The highest BCUT2D eigenvalue weighted by molar-refractivity contribution is 5.94. The molecular weight excluding hydrogens is 816 g/mol. The molecular formula is C53H59FO10. The van der Waals surface area contributed by atoms with Gasteiger partial charge in [-0.2, -0.15) is 0 Å². The number of hydrogen-bond donors (Lipinski definition) is 0. The third-order valence-corrected chi connectivity index (χ3v) is 10.4. The predicted molar refractivity (Wildman–Crippen MR) is 244 cm³/mol. The number of unbranched alkanes of at least 4 members (excludes halogenated alkanes) is 13. The minimum absolute atomic E-state index is 0.0960. The zero-order valence-corrected chi connectivity index (χ0v) is 37.0. The predicted octanol–water partition coefficient (Wildman–Crippen LogP) is 13.4. The first-order chi connectivity index (χ1) is 31.2. The Morgan fingerprint density at radius 2 is 0.734 bits per heavy atom. The first-order valence-electron chi connectivity index (χ1n) is 22.6. The molecule has 5 aromatic carbocycles. The summed E-state index contributed by atoms with van der Waals surface area (Å²) in [4.78, 5) is 51.4. The van der Waals surface area contributed by atoms with Gasteiger partial charge in [-0.1, -0.05) is 103 Å². The molecule has 5 aromatic rings. The van der Waals surface area contributed by atoms with Gasteiger partial charge in [-0.15, -0.1) is 0 Å². The van der Waals surface area contributed by atoms with Crippen LogP contribution in [0.3, 0.4) is 0 Å². The third kappa shape index (κ3) is 16.7. The van der Waals surface area contributed by atoms with Crippen LogP contribution >= 0.6 is 0 Å². The average Bonchev–Trinajstić information content (AvgIpc) is 3.30. The van der Waals surface area contributed by atoms with Crippen molar-refractivity contribution in [3.63, 3.8) is 0 Å². The van der Waals surface area contributed by atoms with E-state index in [2.05, 4.69) is 13.8 Å². The first-order valence-corrected chi connectivity index (χ1v) is 22.6. The molecule has 0 aliphatic rings. The Morgan fingerprint density at radius 1 is 0.375 bits per heavy atom. The van der Waals surface area contributed by atoms with Gasteiger partial charge in [0.1, 0.15) is 40.3 Å². The first kappa shape index (κ1) is 48.5. The van der Waals surface area contributed by atoms with E-state index in [1.54, 1.807) is 30.3 Å². The summed E-state index contributed by atoms with van der Waals surface area (Å²) in [5, 5.41) is 0. The molecule has 0 spiro atoms. The average molecular weight is 875 g/mol. The molecule has 5 rings (SSSR count). The molecule has 64 heavy (non-hydrogen) atoms. The van der Waals surface area contributed by atoms with E-state index in [4.69, 9.17) is 28.4 Å². The zero-order chi connectivity index (χ0) is 45.4. The molecule has 0 bridgehead atoms. The van der Waals surface area contributed by atoms with E-state index in [1.807, 2.05) is 0 Å². The minimum Gasteiger partial charge on any atom is -0.494 e. The maximum absolute atomic E-state index is 14.7. The van der Waals surface area contributed by atoms with E-state index in [0.29, 0.717) is 30.3 Å². The SMILES string of the molecule is CCCCCCCCCCCCOc1ccc(C(=O)Oc2ccc(C(=O)Oc3cccc(OC(=O)c4ccc(OC(=O)c5ccc(OCCCCCCC)cc5F)cc4)c3)cc2)cc1. The molecule has 11 heteroatoms. The number of halogens is 1. The van der Waals surface area contributed by atoms with Crippen LogP contribution in [0.5, 0.6) is 34.5 Å². The summed E-state index contributed by atoms with van der Waals surface area (Å²) < 4.78 is 48.0. The van der Waals surface area contributed by atoms with Gasteiger partial charge in [0.05, 0.1) is 35.5 Å². The highest BCUT2D eigenvalue weighted by atomic mass is 19.1. The number of ether oxygens (including phenoxy) is 6. The van der Waals surface area contributed by atoms with Crippen LogP contribution in [-0.4, -0.2) is 37.1 Å². The molecule has 0 heterocycles. The zero-order valence-electron chi connectivity index (χ0n) is 37.0. The Bertz CT molecular complexity index is 2220. The van der Waals surface area contributed by atoms with E-state index in [0.717, 1.165) is 44.6 Å². The van der Waals surface area contributed by atoms with Crippen LogP contribution in [0.15, 0.2) is 115 Å². The molecule has 10 nitrogen and oxygen atoms in total. The second-order valence-corrected chi connectivity index (χ2v) is 15.5. The molecule has 0 aromatic heterocycles. The van der Waals surface area contributed by atoms with E-state index < -0.39 is 29.7 Å². The van der Waals surface area contributed by atoms with Crippen molar-refractivity contribution in [2.45, 2.75) is 110 Å². The van der Waals surface area contributed by atoms with Crippen molar-refractivity contribution in [3.8, 4) is 34.5 Å². The topological polar surface area (TPSA) is 124 Å². The number of carbonyl (C=O) groups excluding carboxylic acids is 4. The van der Waals surface area contributed by atoms with Crippen LogP contribution in [-0.2, 0) is 0 Å². The lowest BCUT2D eigenvalue weighted by Gasteiger charge is -2.10. The van der Waals surface area contributed by atoms with Crippen molar-refractivity contribution in [2.75, 3.05) is 13.2 Å². The highest BCUT2D eigenvalue weighted by Crippen LogP contribution is 2.25. The number of benzene rings is 5. The quantitative estimate of drug-likeness (QED) is 0.0286. The lowest BCUT2D eigenvalue weighted by Crippen LogP contribution is -2.12. The van der Waals surface area contributed by atoms with Crippen molar-refractivity contribution in [1.29, 1.82) is 0 Å². The summed E-state index contributed by atoms with van der Waals surface area (Å²) in [7, 11) is 0. The van der Waals surface area contributed by atoms with E-state index >= 15 is 0 Å². The summed E-state index contributed by atoms with van der Waals surface area (Å²) in [6.45, 7) is 5.48. The Balaban J connectivity index is 1.02. The molecule has 0 aliphatic carbocycles. The van der Waals surface area contributed by atoms with E-state index in [9.17, 15) is 23.6 Å². The molecule has 0 aliphatic heterocycles. The summed E-state index contributed by atoms with van der Waals surface area (Å²) >= 11 is 0. The number of hydrogen-bond acceptors (Lipinski definition) is 10. The second-order valence-electron chi connectivity index (χ2n) is 15.5. The van der Waals surface area contributed by atoms with Gasteiger partial charge in [-0.3, -0.25) is 0 Å². The van der Waals surface area contributed by atoms with Crippen LogP contribution < -0.4 is 28.4 Å². The third-order valence-electron chi connectivity index (χ3n) is 10.4. The monoisotopic (exact) mass is 874 g/mol. The molecule has 0 radical (unpaired) electrons. The molecule has 0 unspecified atom stereocenters. The van der Waals surface area contributed by atoms with Gasteiger partial charge in [0.2, 0.25) is 0 Å². The maximum Gasteiger partial charge on any atom is 0.346 e. The Morgan fingerprint density at radius 3 is 1.17 bits per heavy atom. The fourth-order valence-corrected chi connectivity index (χ4v) is 6.69. The van der Waals surface area contributed by atoms with Gasteiger partial charge >= 0.3 is 23.9 Å². The number of rotatable bonds is 27. The summed E-state index contributed by atoms with van der Waals surface area (Å²) in [5.41, 5.74) is 0.448. The Labute approximate surface area is 376 Å². The van der Waals surface area contributed by atoms with Crippen molar-refractivity contribution in [3.05, 3.63) is 143 Å². The molecule has 0 saturated carbocycles. The Kier molecular flexibility index (Phi) is 20.4. The Hall–Kier alpha value is -6.49. The van der Waals surface area contributed by atoms with Crippen LogP contribution in [0.25, 0.3) is 0 Å². The lowest BCUT2D eigenvalue weighted by atomic mass is 10.1. The summed E-state index contributed by atoms with van der Waals surface area (Å²) in [6.07, 6.45) is 17.9. The van der Waals surface area contributed by atoms with Crippen LogP contribution in [0.1, 0.15) is 152 Å². The second kappa shape index (κ2) is 26.9. The molecule has 0 amide bonds. The highest BCUT2D eigenvalue weighted by Gasteiger charge is 2.17. The molecule has 0 atom stereocenters. The number of carbonyl (C=O) groups is 4. The van der Waals surface area contributed by atoms with Gasteiger partial charge in [-0.05, 0) is 110 Å². The van der Waals surface area contributed by atoms with Crippen LogP contribution in [0.4, 0.5) is 4.39 Å². The minimum atomic E-state index is -0.901. The molecule has 0 N–H and O–H groups in total. The molecule has 0 fully saturated rings. The van der Waals surface area contributed by atoms with Crippen molar-refractivity contribution >= 4 is 23.9 Å². The summed E-state index contributed by atoms with van der Waals surface area (Å²) in [5.74, 6) is -2.02. The standard InChI is InChI=1S/C53H59FO10/c1-3-5-7-9-10-11-12-13-15-17-35-59-42-27-21-39(22-28-42)50(55)61-43-29-23-40(24-30-43)51(56)63-46-19-18-20-47(37-46)64-52(57)41-25-31-44(32-26-41)62-53(58)48-34-33-45(38-49(48)54)60-36-16-14-8-6-4-2/h18-34,37-38H,3-17,35-36H2,1-2H3. The smallest absolute Gasteiger partial charge is 0.346 e. The van der Waals surface area contributed by atoms with Gasteiger partial charge in [0.25, 0.3) is 0 Å². The van der Waals surface area contributed by atoms with E-state index in [-0.39, 0.29) is 39.7 Å². The normalized spacial score (nSPS) is 10.8. The maximum atomic E-state index is 14.7. The van der Waals surface area contributed by atoms with Gasteiger partial charge in [0, 0.05) is 12.1 Å². The van der Waals surface area contributed by atoms with Crippen LogP contribution in [0, 0.1) is 5.82 Å². The van der Waals surface area contributed by atoms with Gasteiger partial charge < -0.3 is 28.4 Å². The fourth-order valence-electron chi connectivity index (χ4n) is 6.69. The van der Waals surface area contributed by atoms with Crippen molar-refractivity contribution in [1.82, 2.24) is 0 Å². The van der Waals surface area contributed by atoms with Gasteiger partial charge in [0.15, 0.2) is 0 Å². The van der Waals surface area contributed by atoms with Crippen molar-refractivity contribution < 1.29 is 52.0 Å². The van der Waals surface area contributed by atoms with Gasteiger partial charge in [-0.25, -0.2) is 23.6 Å². The summed E-state index contributed by atoms with van der Waals surface area (Å²) in [6, 6.07) is 28.3. The van der Waals surface area contributed by atoms with Crippen molar-refractivity contribution in [2.24, 2.45) is 0 Å².